The van der Waals surface area contributed by atoms with Gasteiger partial charge in [-0.05, 0) is 40.8 Å². The lowest BCUT2D eigenvalue weighted by Crippen LogP contribution is -2.22. The molecule has 2 rings (SSSR count). The van der Waals surface area contributed by atoms with Crippen molar-refractivity contribution in [2.24, 2.45) is 0 Å². The molecule has 8 heteroatoms. The molecule has 6 nitrogen and oxygen atoms in total. The standard InChI is InChI=1S/C13H10FIN2O4/c1-20-12-9(7-5-6(15)3-4-8(7)14)16-17-10(11(12)18)13(19)21-2/h3-5H,1-2H3,(H,16,18). The normalized spacial score (nSPS) is 10.3. The van der Waals surface area contributed by atoms with Crippen molar-refractivity contribution in [2.45, 2.75) is 0 Å². The molecule has 1 N–H and O–H groups in total. The van der Waals surface area contributed by atoms with Crippen molar-refractivity contribution in [3.05, 3.63) is 43.5 Å². The quantitative estimate of drug-likeness (QED) is 0.625. The number of hydrogen-bond acceptors (Lipinski definition) is 5. The average molecular weight is 404 g/mol. The number of rotatable bonds is 3. The van der Waals surface area contributed by atoms with E-state index in [0.717, 1.165) is 10.7 Å². The number of nitrogens with one attached hydrogen (secondary N) is 1. The van der Waals surface area contributed by atoms with Gasteiger partial charge in [0.15, 0.2) is 5.75 Å². The molecule has 0 amide bonds. The maximum atomic E-state index is 13.9. The Morgan fingerprint density at radius 3 is 2.71 bits per heavy atom. The molecule has 0 atom stereocenters. The van der Waals surface area contributed by atoms with E-state index in [-0.39, 0.29) is 17.0 Å². The van der Waals surface area contributed by atoms with Gasteiger partial charge in [0.2, 0.25) is 5.69 Å². The maximum absolute atomic E-state index is 13.9. The molecule has 0 unspecified atom stereocenters. The van der Waals surface area contributed by atoms with E-state index in [1.54, 1.807) is 6.07 Å². The van der Waals surface area contributed by atoms with Gasteiger partial charge in [0.25, 0.3) is 5.43 Å². The van der Waals surface area contributed by atoms with Gasteiger partial charge < -0.3 is 9.47 Å². The van der Waals surface area contributed by atoms with Gasteiger partial charge in [-0.2, -0.15) is 5.10 Å². The van der Waals surface area contributed by atoms with Gasteiger partial charge in [0.05, 0.1) is 14.2 Å². The molecule has 2 aromatic rings. The predicted octanol–water partition coefficient (Wildman–Crippen LogP) is 1.98. The minimum absolute atomic E-state index is 0.0613. The van der Waals surface area contributed by atoms with E-state index in [0.29, 0.717) is 0 Å². The number of benzene rings is 1. The zero-order valence-electron chi connectivity index (χ0n) is 11.1. The van der Waals surface area contributed by atoms with Gasteiger partial charge >= 0.3 is 5.97 Å². The molecule has 0 aliphatic rings. The van der Waals surface area contributed by atoms with Crippen LogP contribution in [0.5, 0.6) is 5.75 Å². The second kappa shape index (κ2) is 6.20. The highest BCUT2D eigenvalue weighted by molar-refractivity contribution is 14.1. The van der Waals surface area contributed by atoms with Crippen LogP contribution in [0, 0.1) is 9.39 Å². The van der Waals surface area contributed by atoms with Gasteiger partial charge in [-0.25, -0.2) is 9.18 Å². The summed E-state index contributed by atoms with van der Waals surface area (Å²) >= 11 is 2.01. The van der Waals surface area contributed by atoms with Crippen molar-refractivity contribution < 1.29 is 18.7 Å². The smallest absolute Gasteiger partial charge is 0.362 e. The third-order valence-corrected chi connectivity index (χ3v) is 3.38. The van der Waals surface area contributed by atoms with E-state index in [1.165, 1.54) is 19.2 Å². The van der Waals surface area contributed by atoms with Gasteiger partial charge in [-0.1, -0.05) is 0 Å². The van der Waals surface area contributed by atoms with Crippen LogP contribution in [0.1, 0.15) is 10.5 Å². The summed E-state index contributed by atoms with van der Waals surface area (Å²) in [5.74, 6) is -1.65. The van der Waals surface area contributed by atoms with Crippen molar-refractivity contribution in [2.75, 3.05) is 14.2 Å². The van der Waals surface area contributed by atoms with Crippen LogP contribution in [0.3, 0.4) is 0 Å². The Hall–Kier alpha value is -1.97. The Morgan fingerprint density at radius 2 is 2.10 bits per heavy atom. The number of H-pyrrole nitrogens is 1. The van der Waals surface area contributed by atoms with Crippen molar-refractivity contribution in [3.63, 3.8) is 0 Å². The number of aromatic nitrogens is 2. The summed E-state index contributed by atoms with van der Waals surface area (Å²) in [6.07, 6.45) is 0. The van der Waals surface area contributed by atoms with Gasteiger partial charge in [0.1, 0.15) is 11.5 Å². The van der Waals surface area contributed by atoms with Crippen molar-refractivity contribution in [3.8, 4) is 17.0 Å². The summed E-state index contributed by atoms with van der Waals surface area (Å²) in [4.78, 5) is 23.6. The molecule has 0 saturated carbocycles. The van der Waals surface area contributed by atoms with E-state index < -0.39 is 22.9 Å². The SMILES string of the molecule is COC(=O)c1n[nH]c(-c2cc(I)ccc2F)c(OC)c1=O. The average Bonchev–Trinajstić information content (AvgIpc) is 2.48. The zero-order valence-corrected chi connectivity index (χ0v) is 13.2. The highest BCUT2D eigenvalue weighted by atomic mass is 127. The minimum Gasteiger partial charge on any atom is -0.491 e. The number of carbonyl (C=O) groups excluding carboxylic acids is 1. The van der Waals surface area contributed by atoms with Crippen molar-refractivity contribution in [1.82, 2.24) is 10.2 Å². The molecule has 0 fully saturated rings. The fourth-order valence-corrected chi connectivity index (χ4v) is 2.23. The first-order valence-corrected chi connectivity index (χ1v) is 6.77. The Morgan fingerprint density at radius 1 is 1.38 bits per heavy atom. The van der Waals surface area contributed by atoms with Gasteiger partial charge in [-0.3, -0.25) is 9.89 Å². The van der Waals surface area contributed by atoms with Crippen LogP contribution in [0.2, 0.25) is 0 Å². The molecular formula is C13H10FIN2O4. The fourth-order valence-electron chi connectivity index (χ4n) is 1.74. The second-order valence-electron chi connectivity index (χ2n) is 3.93. The van der Waals surface area contributed by atoms with Crippen LogP contribution in [0.15, 0.2) is 23.0 Å². The monoisotopic (exact) mass is 404 g/mol. The first-order valence-electron chi connectivity index (χ1n) is 5.70. The lowest BCUT2D eigenvalue weighted by molar-refractivity contribution is 0.0590. The third kappa shape index (κ3) is 2.89. The lowest BCUT2D eigenvalue weighted by Gasteiger charge is -2.10. The summed E-state index contributed by atoms with van der Waals surface area (Å²) in [6.45, 7) is 0. The first-order chi connectivity index (χ1) is 9.99. The van der Waals surface area contributed by atoms with Crippen LogP contribution in [0.4, 0.5) is 4.39 Å². The van der Waals surface area contributed by atoms with Gasteiger partial charge in [-0.15, -0.1) is 0 Å². The zero-order chi connectivity index (χ0) is 15.6. The Labute approximate surface area is 132 Å². The maximum Gasteiger partial charge on any atom is 0.362 e. The summed E-state index contributed by atoms with van der Waals surface area (Å²) < 4.78 is 24.1. The Bertz CT molecular complexity index is 760. The molecule has 0 bridgehead atoms. The Kier molecular flexibility index (Phi) is 4.56. The molecule has 1 aromatic carbocycles. The minimum atomic E-state index is -0.899. The van der Waals surface area contributed by atoms with E-state index >= 15 is 0 Å². The molecule has 110 valence electrons. The number of ether oxygens (including phenoxy) is 2. The number of carbonyl (C=O) groups is 1. The number of esters is 1. The third-order valence-electron chi connectivity index (χ3n) is 2.71. The molecule has 1 aromatic heterocycles. The summed E-state index contributed by atoms with van der Waals surface area (Å²) in [6, 6.07) is 4.38. The summed E-state index contributed by atoms with van der Waals surface area (Å²) in [5, 5.41) is 6.12. The topological polar surface area (TPSA) is 81.3 Å². The molecule has 21 heavy (non-hydrogen) atoms. The van der Waals surface area contributed by atoms with E-state index in [2.05, 4.69) is 14.9 Å². The second-order valence-corrected chi connectivity index (χ2v) is 5.17. The highest BCUT2D eigenvalue weighted by Crippen LogP contribution is 2.28. The largest absolute Gasteiger partial charge is 0.491 e. The molecule has 0 aliphatic carbocycles. The number of hydrogen-bond donors (Lipinski definition) is 1. The molecule has 0 spiro atoms. The first kappa shape index (κ1) is 15.4. The highest BCUT2D eigenvalue weighted by Gasteiger charge is 2.22. The predicted molar refractivity (Wildman–Crippen MR) is 80.9 cm³/mol. The van der Waals surface area contributed by atoms with E-state index in [1.807, 2.05) is 22.6 Å². The summed E-state index contributed by atoms with van der Waals surface area (Å²) in [7, 11) is 2.38. The summed E-state index contributed by atoms with van der Waals surface area (Å²) in [5.41, 5.74) is -1.04. The van der Waals surface area contributed by atoms with Crippen LogP contribution in [0.25, 0.3) is 11.3 Å². The number of aromatic amines is 1. The number of nitrogens with zero attached hydrogens (tertiary/aromatic N) is 1. The van der Waals surface area contributed by atoms with Crippen LogP contribution in [-0.2, 0) is 4.74 Å². The van der Waals surface area contributed by atoms with E-state index in [9.17, 15) is 14.0 Å². The molecule has 1 heterocycles. The molecular weight excluding hydrogens is 394 g/mol. The van der Waals surface area contributed by atoms with Gasteiger partial charge in [0, 0.05) is 9.13 Å². The molecule has 0 aliphatic heterocycles. The van der Waals surface area contributed by atoms with Crippen LogP contribution < -0.4 is 10.2 Å². The fraction of sp³-hybridized carbons (Fsp3) is 0.154. The van der Waals surface area contributed by atoms with E-state index in [4.69, 9.17) is 4.74 Å². The number of halogens is 2. The molecule has 0 radical (unpaired) electrons. The van der Waals surface area contributed by atoms with Crippen LogP contribution in [-0.4, -0.2) is 30.4 Å². The van der Waals surface area contributed by atoms with Crippen molar-refractivity contribution in [1.29, 1.82) is 0 Å². The Balaban J connectivity index is 2.71. The lowest BCUT2D eigenvalue weighted by atomic mass is 10.1. The number of methoxy groups -OCH3 is 2. The molecule has 0 saturated heterocycles. The van der Waals surface area contributed by atoms with Crippen LogP contribution >= 0.6 is 22.6 Å². The van der Waals surface area contributed by atoms with Crippen molar-refractivity contribution >= 4 is 28.6 Å².